The summed E-state index contributed by atoms with van der Waals surface area (Å²) in [5.41, 5.74) is 0. The van der Waals surface area contributed by atoms with Crippen molar-refractivity contribution >= 4 is 11.9 Å². The first kappa shape index (κ1) is 19.9. The second kappa shape index (κ2) is 13.9. The Morgan fingerprint density at radius 2 is 1.71 bits per heavy atom. The molecule has 0 aliphatic rings. The lowest BCUT2D eigenvalue weighted by molar-refractivity contribution is -0.150. The lowest BCUT2D eigenvalue weighted by Crippen LogP contribution is -2.21. The van der Waals surface area contributed by atoms with Crippen LogP contribution in [0, 0.1) is 0 Å². The molecule has 0 rings (SSSR count). The van der Waals surface area contributed by atoms with Gasteiger partial charge in [-0.1, -0.05) is 39.5 Å². The van der Waals surface area contributed by atoms with Crippen LogP contribution in [0.25, 0.3) is 0 Å². The third-order valence-electron chi connectivity index (χ3n) is 3.47. The molecule has 0 aromatic rings. The van der Waals surface area contributed by atoms with Gasteiger partial charge in [0.1, 0.15) is 6.10 Å². The maximum Gasteiger partial charge on any atom is 0.306 e. The molecule has 0 fully saturated rings. The van der Waals surface area contributed by atoms with Crippen LogP contribution in [0.15, 0.2) is 0 Å². The lowest BCUT2D eigenvalue weighted by atomic mass is 10.1. The van der Waals surface area contributed by atoms with Crippen LogP contribution >= 0.6 is 0 Å². The quantitative estimate of drug-likeness (QED) is 0.413. The summed E-state index contributed by atoms with van der Waals surface area (Å²) in [6.45, 7) is 6.52. The summed E-state index contributed by atoms with van der Waals surface area (Å²) in [5, 5.41) is 2.76. The van der Waals surface area contributed by atoms with Gasteiger partial charge in [-0.15, -0.1) is 0 Å². The average Bonchev–Trinajstić information content (AvgIpc) is 2.42. The largest absolute Gasteiger partial charge is 0.462 e. The summed E-state index contributed by atoms with van der Waals surface area (Å²) >= 11 is 0. The van der Waals surface area contributed by atoms with Crippen molar-refractivity contribution in [1.29, 1.82) is 0 Å². The van der Waals surface area contributed by atoms with Crippen LogP contribution < -0.4 is 5.32 Å². The number of unbranched alkanes of at least 4 members (excludes halogenated alkanes) is 4. The Labute approximate surface area is 130 Å². The monoisotopic (exact) mass is 299 g/mol. The Morgan fingerprint density at radius 3 is 2.33 bits per heavy atom. The van der Waals surface area contributed by atoms with Gasteiger partial charge in [0.05, 0.1) is 0 Å². The summed E-state index contributed by atoms with van der Waals surface area (Å²) in [5.74, 6) is -0.0617. The molecule has 0 aromatic carbocycles. The van der Waals surface area contributed by atoms with Gasteiger partial charge in [0, 0.05) is 19.9 Å². The molecule has 4 heteroatoms. The number of carbonyl (C=O) groups is 2. The average molecular weight is 299 g/mol. The third-order valence-corrected chi connectivity index (χ3v) is 3.47. The molecular weight excluding hydrogens is 266 g/mol. The van der Waals surface area contributed by atoms with E-state index in [0.29, 0.717) is 13.0 Å². The van der Waals surface area contributed by atoms with E-state index in [1.165, 1.54) is 19.8 Å². The summed E-state index contributed by atoms with van der Waals surface area (Å²) in [7, 11) is 0. The van der Waals surface area contributed by atoms with Crippen molar-refractivity contribution in [3.05, 3.63) is 0 Å². The third kappa shape index (κ3) is 13.7. The minimum Gasteiger partial charge on any atom is -0.462 e. The van der Waals surface area contributed by atoms with E-state index >= 15 is 0 Å². The number of esters is 1. The molecule has 21 heavy (non-hydrogen) atoms. The Hall–Kier alpha value is -1.06. The van der Waals surface area contributed by atoms with Gasteiger partial charge in [0.25, 0.3) is 0 Å². The van der Waals surface area contributed by atoms with E-state index in [9.17, 15) is 9.59 Å². The fourth-order valence-corrected chi connectivity index (χ4v) is 2.29. The zero-order valence-corrected chi connectivity index (χ0v) is 14.1. The number of rotatable bonds is 13. The molecule has 124 valence electrons. The van der Waals surface area contributed by atoms with Crippen molar-refractivity contribution in [2.24, 2.45) is 0 Å². The van der Waals surface area contributed by atoms with Gasteiger partial charge in [0.15, 0.2) is 0 Å². The molecular formula is C17H33NO3. The highest BCUT2D eigenvalue weighted by atomic mass is 16.5. The summed E-state index contributed by atoms with van der Waals surface area (Å²) in [6.07, 6.45) is 9.88. The highest BCUT2D eigenvalue weighted by Gasteiger charge is 2.13. The van der Waals surface area contributed by atoms with Gasteiger partial charge in [-0.3, -0.25) is 9.59 Å². The minimum absolute atomic E-state index is 0.00361. The first-order chi connectivity index (χ1) is 10.1. The predicted octanol–water partition coefficient (Wildman–Crippen LogP) is 3.98. The zero-order valence-electron chi connectivity index (χ0n) is 14.1. The standard InChI is InChI=1S/C17H33NO3/c1-4-6-8-12-16(11-5-2)21-17(20)13-9-7-10-14-18-15(3)19/h16H,4-14H2,1-3H3,(H,18,19). The van der Waals surface area contributed by atoms with Crippen molar-refractivity contribution in [1.82, 2.24) is 5.32 Å². The van der Waals surface area contributed by atoms with Crippen LogP contribution in [-0.2, 0) is 14.3 Å². The zero-order chi connectivity index (χ0) is 15.9. The fraction of sp³-hybridized carbons (Fsp3) is 0.882. The van der Waals surface area contributed by atoms with Gasteiger partial charge >= 0.3 is 5.97 Å². The number of hydrogen-bond acceptors (Lipinski definition) is 3. The molecule has 1 unspecified atom stereocenters. The number of carbonyl (C=O) groups excluding carboxylic acids is 2. The van der Waals surface area contributed by atoms with Crippen LogP contribution in [0.3, 0.4) is 0 Å². The fourth-order valence-electron chi connectivity index (χ4n) is 2.29. The van der Waals surface area contributed by atoms with Crippen molar-refractivity contribution in [2.75, 3.05) is 6.54 Å². The highest BCUT2D eigenvalue weighted by molar-refractivity contribution is 5.72. The molecule has 0 aromatic heterocycles. The summed E-state index contributed by atoms with van der Waals surface area (Å²) in [6, 6.07) is 0. The van der Waals surface area contributed by atoms with Gasteiger partial charge in [0.2, 0.25) is 5.91 Å². The second-order valence-electron chi connectivity index (χ2n) is 5.69. The summed E-state index contributed by atoms with van der Waals surface area (Å²) < 4.78 is 5.57. The first-order valence-electron chi connectivity index (χ1n) is 8.54. The van der Waals surface area contributed by atoms with Gasteiger partial charge in [-0.25, -0.2) is 0 Å². The van der Waals surface area contributed by atoms with Crippen molar-refractivity contribution in [3.63, 3.8) is 0 Å². The minimum atomic E-state index is -0.0653. The number of amides is 1. The van der Waals surface area contributed by atoms with E-state index < -0.39 is 0 Å². The smallest absolute Gasteiger partial charge is 0.306 e. The molecule has 0 saturated heterocycles. The topological polar surface area (TPSA) is 55.4 Å². The van der Waals surface area contributed by atoms with Crippen molar-refractivity contribution in [3.8, 4) is 0 Å². The highest BCUT2D eigenvalue weighted by Crippen LogP contribution is 2.14. The van der Waals surface area contributed by atoms with E-state index in [0.717, 1.165) is 44.9 Å². The molecule has 0 spiro atoms. The van der Waals surface area contributed by atoms with Crippen LogP contribution in [0.5, 0.6) is 0 Å². The Balaban J connectivity index is 3.69. The molecule has 4 nitrogen and oxygen atoms in total. The van der Waals surface area contributed by atoms with Crippen LogP contribution in [0.4, 0.5) is 0 Å². The predicted molar refractivity (Wildman–Crippen MR) is 86.1 cm³/mol. The normalized spacial score (nSPS) is 12.0. The van der Waals surface area contributed by atoms with Crippen LogP contribution in [0.1, 0.15) is 85.0 Å². The first-order valence-corrected chi connectivity index (χ1v) is 8.54. The van der Waals surface area contributed by atoms with Crippen molar-refractivity contribution < 1.29 is 14.3 Å². The Bertz CT molecular complexity index is 279. The van der Waals surface area contributed by atoms with Gasteiger partial charge < -0.3 is 10.1 Å². The SMILES string of the molecule is CCCCCC(CCC)OC(=O)CCCCCNC(C)=O. The van der Waals surface area contributed by atoms with E-state index in [-0.39, 0.29) is 18.0 Å². The summed E-state index contributed by atoms with van der Waals surface area (Å²) in [4.78, 5) is 22.5. The molecule has 0 aliphatic heterocycles. The molecule has 1 amide bonds. The lowest BCUT2D eigenvalue weighted by Gasteiger charge is -2.17. The maximum absolute atomic E-state index is 11.8. The van der Waals surface area contributed by atoms with E-state index in [1.807, 2.05) is 0 Å². The Morgan fingerprint density at radius 1 is 0.952 bits per heavy atom. The van der Waals surface area contributed by atoms with Gasteiger partial charge in [-0.2, -0.15) is 0 Å². The molecule has 1 N–H and O–H groups in total. The number of hydrogen-bond donors (Lipinski definition) is 1. The molecule has 0 heterocycles. The molecule has 0 aliphatic carbocycles. The van der Waals surface area contributed by atoms with Crippen LogP contribution in [-0.4, -0.2) is 24.5 Å². The van der Waals surface area contributed by atoms with Gasteiger partial charge in [-0.05, 0) is 32.1 Å². The molecule has 1 atom stereocenters. The maximum atomic E-state index is 11.8. The van der Waals surface area contributed by atoms with E-state index in [1.54, 1.807) is 0 Å². The van der Waals surface area contributed by atoms with Crippen molar-refractivity contribution in [2.45, 2.75) is 91.1 Å². The second-order valence-corrected chi connectivity index (χ2v) is 5.69. The number of ether oxygens (including phenoxy) is 1. The molecule has 0 bridgehead atoms. The molecule has 0 radical (unpaired) electrons. The Kier molecular flexibility index (Phi) is 13.2. The van der Waals surface area contributed by atoms with Crippen LogP contribution in [0.2, 0.25) is 0 Å². The molecule has 0 saturated carbocycles. The van der Waals surface area contributed by atoms with E-state index in [4.69, 9.17) is 4.74 Å². The van der Waals surface area contributed by atoms with E-state index in [2.05, 4.69) is 19.2 Å². The number of nitrogens with one attached hydrogen (secondary N) is 1.